The van der Waals surface area contributed by atoms with Crippen LogP contribution in [0.3, 0.4) is 0 Å². The molecule has 2 rings (SSSR count). The van der Waals surface area contributed by atoms with Gasteiger partial charge in [0.05, 0.1) is 4.92 Å². The first kappa shape index (κ1) is 14.4. The number of para-hydroxylation sites is 2. The fourth-order valence-corrected chi connectivity index (χ4v) is 1.75. The van der Waals surface area contributed by atoms with E-state index in [0.717, 1.165) is 0 Å². The van der Waals surface area contributed by atoms with Crippen LogP contribution in [0.15, 0.2) is 24.3 Å². The van der Waals surface area contributed by atoms with E-state index in [1.165, 1.54) is 24.3 Å². The highest BCUT2D eigenvalue weighted by Gasteiger charge is 2.26. The van der Waals surface area contributed by atoms with Gasteiger partial charge in [-0.25, -0.2) is 0 Å². The average molecular weight is 312 g/mol. The molecular formula is C10H6ClN5O5. The fraction of sp³-hybridized carbons (Fsp3) is 0. The summed E-state index contributed by atoms with van der Waals surface area (Å²) >= 11 is 5.65. The highest BCUT2D eigenvalue weighted by molar-refractivity contribution is 6.35. The van der Waals surface area contributed by atoms with Gasteiger partial charge < -0.3 is 15.4 Å². The molecule has 0 spiro atoms. The van der Waals surface area contributed by atoms with Crippen molar-refractivity contribution in [2.24, 2.45) is 0 Å². The molecule has 0 atom stereocenters. The summed E-state index contributed by atoms with van der Waals surface area (Å²) in [6.07, 6.45) is 0. The lowest BCUT2D eigenvalue weighted by Gasteiger charge is -2.03. The smallest absolute Gasteiger partial charge is 0.358 e. The van der Waals surface area contributed by atoms with Crippen molar-refractivity contribution in [3.63, 3.8) is 0 Å². The van der Waals surface area contributed by atoms with Crippen LogP contribution in [-0.2, 0) is 0 Å². The number of aromatic amines is 1. The normalized spacial score (nSPS) is 10.1. The van der Waals surface area contributed by atoms with Crippen molar-refractivity contribution < 1.29 is 14.6 Å². The molecule has 10 nitrogen and oxygen atoms in total. The fourth-order valence-electron chi connectivity index (χ4n) is 1.51. The third-order valence-corrected chi connectivity index (χ3v) is 2.79. The zero-order valence-corrected chi connectivity index (χ0v) is 10.8. The molecule has 2 N–H and O–H groups in total. The number of carbonyl (C=O) groups is 1. The molecule has 0 bridgehead atoms. The second kappa shape index (κ2) is 5.54. The second-order valence-corrected chi connectivity index (χ2v) is 4.10. The Bertz CT molecular complexity index is 743. The van der Waals surface area contributed by atoms with Gasteiger partial charge in [0, 0.05) is 6.07 Å². The molecule has 0 radical (unpaired) electrons. The van der Waals surface area contributed by atoms with Gasteiger partial charge in [-0.3, -0.25) is 14.9 Å². The van der Waals surface area contributed by atoms with Crippen molar-refractivity contribution in [1.29, 1.82) is 0 Å². The van der Waals surface area contributed by atoms with Gasteiger partial charge in [-0.15, -0.1) is 5.10 Å². The summed E-state index contributed by atoms with van der Waals surface area (Å²) in [5, 5.41) is 28.6. The van der Waals surface area contributed by atoms with E-state index in [1.807, 2.05) is 5.10 Å². The number of hydrogen-bond donors (Lipinski definition) is 2. The zero-order valence-electron chi connectivity index (χ0n) is 10.1. The molecule has 0 saturated carbocycles. The highest BCUT2D eigenvalue weighted by atomic mass is 35.5. The first-order valence-electron chi connectivity index (χ1n) is 5.35. The molecule has 1 aromatic carbocycles. The van der Waals surface area contributed by atoms with Gasteiger partial charge in [0.1, 0.15) is 5.69 Å². The summed E-state index contributed by atoms with van der Waals surface area (Å²) in [4.78, 5) is 31.8. The molecule has 21 heavy (non-hydrogen) atoms. The van der Waals surface area contributed by atoms with Gasteiger partial charge in [0.15, 0.2) is 10.7 Å². The maximum absolute atomic E-state index is 11.9. The summed E-state index contributed by atoms with van der Waals surface area (Å²) in [7, 11) is 0. The third-order valence-electron chi connectivity index (χ3n) is 2.44. The van der Waals surface area contributed by atoms with Crippen LogP contribution in [0.1, 0.15) is 10.5 Å². The Morgan fingerprint density at radius 3 is 2.48 bits per heavy atom. The Balaban J connectivity index is 2.31. The van der Waals surface area contributed by atoms with Gasteiger partial charge in [0.25, 0.3) is 11.6 Å². The number of nitrogens with zero attached hydrogens (tertiary/aromatic N) is 3. The number of halogens is 1. The minimum Gasteiger partial charge on any atom is -0.358 e. The molecule has 0 aliphatic carbocycles. The third kappa shape index (κ3) is 2.79. The quantitative estimate of drug-likeness (QED) is 0.653. The number of rotatable bonds is 4. The highest BCUT2D eigenvalue weighted by Crippen LogP contribution is 2.27. The SMILES string of the molecule is O=C(Nc1ccccc1[N+](=O)[O-])c1n[nH]c([N+](=O)[O-])c1Cl. The Kier molecular flexibility index (Phi) is 3.80. The molecule has 1 amide bonds. The minimum absolute atomic E-state index is 0.0748. The van der Waals surface area contributed by atoms with Crippen molar-refractivity contribution in [2.75, 3.05) is 5.32 Å². The van der Waals surface area contributed by atoms with Gasteiger partial charge in [-0.05, 0) is 11.0 Å². The van der Waals surface area contributed by atoms with Crippen molar-refractivity contribution in [2.45, 2.75) is 0 Å². The summed E-state index contributed by atoms with van der Waals surface area (Å²) in [6, 6.07) is 5.42. The van der Waals surface area contributed by atoms with E-state index >= 15 is 0 Å². The number of aromatic nitrogens is 2. The molecule has 0 aliphatic heterocycles. The maximum atomic E-state index is 11.9. The topological polar surface area (TPSA) is 144 Å². The van der Waals surface area contributed by atoms with Crippen LogP contribution in [0, 0.1) is 20.2 Å². The zero-order chi connectivity index (χ0) is 15.6. The predicted octanol–water partition coefficient (Wildman–Crippen LogP) is 2.13. The maximum Gasteiger partial charge on any atom is 0.362 e. The number of benzene rings is 1. The summed E-state index contributed by atoms with van der Waals surface area (Å²) < 4.78 is 0. The number of nitro benzene ring substituents is 1. The predicted molar refractivity (Wildman–Crippen MR) is 71.3 cm³/mol. The summed E-state index contributed by atoms with van der Waals surface area (Å²) in [5.41, 5.74) is -0.831. The molecule has 0 fully saturated rings. The average Bonchev–Trinajstić information content (AvgIpc) is 2.81. The number of anilines is 1. The van der Waals surface area contributed by atoms with Gasteiger partial charge in [-0.1, -0.05) is 28.8 Å². The lowest BCUT2D eigenvalue weighted by molar-refractivity contribution is -0.389. The van der Waals surface area contributed by atoms with Crippen LogP contribution in [0.25, 0.3) is 0 Å². The van der Waals surface area contributed by atoms with Crippen molar-refractivity contribution in [1.82, 2.24) is 10.2 Å². The van der Waals surface area contributed by atoms with Crippen LogP contribution in [0.4, 0.5) is 17.2 Å². The molecule has 0 unspecified atom stereocenters. The minimum atomic E-state index is -0.904. The van der Waals surface area contributed by atoms with E-state index in [9.17, 15) is 25.0 Å². The standard InChI is InChI=1S/C10H6ClN5O5/c11-7-8(13-14-9(7)16(20)21)10(17)12-5-3-1-2-4-6(5)15(18)19/h1-4H,(H,12,17)(H,13,14). The van der Waals surface area contributed by atoms with Crippen LogP contribution < -0.4 is 5.32 Å². The molecule has 108 valence electrons. The summed E-state index contributed by atoms with van der Waals surface area (Å²) in [5.74, 6) is -1.54. The Morgan fingerprint density at radius 2 is 1.90 bits per heavy atom. The Hall–Kier alpha value is -3.01. The molecule has 0 aliphatic rings. The van der Waals surface area contributed by atoms with Crippen LogP contribution in [0.2, 0.25) is 5.02 Å². The van der Waals surface area contributed by atoms with Crippen molar-refractivity contribution in [3.8, 4) is 0 Å². The van der Waals surface area contributed by atoms with Crippen molar-refractivity contribution in [3.05, 3.63) is 55.2 Å². The van der Waals surface area contributed by atoms with Crippen molar-refractivity contribution >= 4 is 34.7 Å². The van der Waals surface area contributed by atoms with Gasteiger partial charge in [-0.2, -0.15) is 0 Å². The summed E-state index contributed by atoms with van der Waals surface area (Å²) in [6.45, 7) is 0. The molecule has 0 saturated heterocycles. The van der Waals surface area contributed by atoms with E-state index in [1.54, 1.807) is 0 Å². The number of carbonyl (C=O) groups excluding carboxylic acids is 1. The molecule has 1 heterocycles. The Morgan fingerprint density at radius 1 is 1.24 bits per heavy atom. The monoisotopic (exact) mass is 311 g/mol. The largest absolute Gasteiger partial charge is 0.362 e. The van der Waals surface area contributed by atoms with E-state index in [4.69, 9.17) is 11.6 Å². The number of amides is 1. The number of H-pyrrole nitrogens is 1. The second-order valence-electron chi connectivity index (χ2n) is 3.72. The molecule has 1 aromatic heterocycles. The lowest BCUT2D eigenvalue weighted by Crippen LogP contribution is -2.14. The van der Waals surface area contributed by atoms with Crippen LogP contribution in [-0.4, -0.2) is 26.0 Å². The number of nitrogens with one attached hydrogen (secondary N) is 2. The van der Waals surface area contributed by atoms with Crippen LogP contribution >= 0.6 is 11.6 Å². The van der Waals surface area contributed by atoms with Gasteiger partial charge >= 0.3 is 5.82 Å². The molecule has 2 aromatic rings. The molecule has 11 heteroatoms. The first-order chi connectivity index (χ1) is 9.91. The van der Waals surface area contributed by atoms with E-state index in [2.05, 4.69) is 10.4 Å². The lowest BCUT2D eigenvalue weighted by atomic mass is 10.2. The number of nitro groups is 2. The number of hydrogen-bond acceptors (Lipinski definition) is 6. The Labute approximate surface area is 121 Å². The van der Waals surface area contributed by atoms with E-state index in [0.29, 0.717) is 0 Å². The van der Waals surface area contributed by atoms with Crippen LogP contribution in [0.5, 0.6) is 0 Å². The van der Waals surface area contributed by atoms with E-state index in [-0.39, 0.29) is 11.4 Å². The molecular weight excluding hydrogens is 306 g/mol. The van der Waals surface area contributed by atoms with E-state index < -0.39 is 32.3 Å². The van der Waals surface area contributed by atoms with Gasteiger partial charge in [0.2, 0.25) is 0 Å². The first-order valence-corrected chi connectivity index (χ1v) is 5.72.